The van der Waals surface area contributed by atoms with Crippen LogP contribution < -0.4 is 5.32 Å². The van der Waals surface area contributed by atoms with Crippen molar-refractivity contribution in [2.45, 2.75) is 51.6 Å². The van der Waals surface area contributed by atoms with Crippen LogP contribution in [-0.2, 0) is 17.8 Å². The van der Waals surface area contributed by atoms with Crippen molar-refractivity contribution in [1.82, 2.24) is 20.4 Å². The quantitative estimate of drug-likeness (QED) is 0.873. The second kappa shape index (κ2) is 7.78. The molecule has 1 N–H and O–H groups in total. The molecule has 3 rings (SSSR count). The van der Waals surface area contributed by atoms with Gasteiger partial charge in [-0.15, -0.1) is 0 Å². The summed E-state index contributed by atoms with van der Waals surface area (Å²) in [6.07, 6.45) is 2.38. The van der Waals surface area contributed by atoms with Crippen molar-refractivity contribution in [3.05, 3.63) is 47.1 Å². The van der Waals surface area contributed by atoms with Crippen molar-refractivity contribution in [2.75, 3.05) is 13.6 Å². The number of nitrogens with zero attached hydrogens (tertiary/aromatic N) is 3. The lowest BCUT2D eigenvalue weighted by Crippen LogP contribution is -2.31. The Hall–Kier alpha value is -2.21. The van der Waals surface area contributed by atoms with Gasteiger partial charge in [0.1, 0.15) is 0 Å². The third-order valence-corrected chi connectivity index (χ3v) is 5.03. The molecule has 1 saturated heterocycles. The van der Waals surface area contributed by atoms with Gasteiger partial charge in [-0.3, -0.25) is 9.69 Å². The predicted octanol–water partition coefficient (Wildman–Crippen LogP) is 2.43. The number of amides is 1. The molecule has 1 aromatic heterocycles. The summed E-state index contributed by atoms with van der Waals surface area (Å²) in [6, 6.07) is 9.35. The molecule has 1 aliphatic heterocycles. The summed E-state index contributed by atoms with van der Waals surface area (Å²) in [5, 5.41) is 6.48. The van der Waals surface area contributed by atoms with Gasteiger partial charge in [0.2, 0.25) is 11.8 Å². The Morgan fingerprint density at radius 2 is 2.12 bits per heavy atom. The Kier molecular flexibility index (Phi) is 5.48. The topological polar surface area (TPSA) is 71.3 Å². The minimum atomic E-state index is -0.112. The maximum absolute atomic E-state index is 11.4. The zero-order valence-electron chi connectivity index (χ0n) is 15.2. The van der Waals surface area contributed by atoms with Crippen molar-refractivity contribution >= 4 is 5.91 Å². The fourth-order valence-corrected chi connectivity index (χ4v) is 3.69. The highest BCUT2D eigenvalue weighted by molar-refractivity contribution is 5.77. The van der Waals surface area contributed by atoms with Gasteiger partial charge in [-0.05, 0) is 31.9 Å². The second-order valence-electron chi connectivity index (χ2n) is 6.71. The Balaban J connectivity index is 1.67. The van der Waals surface area contributed by atoms with Crippen LogP contribution in [0.15, 0.2) is 28.8 Å². The van der Waals surface area contributed by atoms with Crippen LogP contribution in [0.3, 0.4) is 0 Å². The van der Waals surface area contributed by atoms with E-state index < -0.39 is 0 Å². The van der Waals surface area contributed by atoms with Crippen molar-refractivity contribution in [2.24, 2.45) is 0 Å². The first kappa shape index (κ1) is 17.6. The van der Waals surface area contributed by atoms with E-state index in [2.05, 4.69) is 58.5 Å². The Labute approximate surface area is 148 Å². The van der Waals surface area contributed by atoms with Gasteiger partial charge in [-0.1, -0.05) is 41.9 Å². The molecule has 0 saturated carbocycles. The first-order valence-electron chi connectivity index (χ1n) is 8.93. The van der Waals surface area contributed by atoms with E-state index in [9.17, 15) is 4.79 Å². The molecule has 2 atom stereocenters. The smallest absolute Gasteiger partial charge is 0.240 e. The van der Waals surface area contributed by atoms with Crippen LogP contribution >= 0.6 is 0 Å². The molecule has 2 unspecified atom stereocenters. The van der Waals surface area contributed by atoms with E-state index in [4.69, 9.17) is 4.52 Å². The van der Waals surface area contributed by atoms with Crippen molar-refractivity contribution in [3.63, 3.8) is 0 Å². The van der Waals surface area contributed by atoms with Crippen LogP contribution in [0.5, 0.6) is 0 Å². The zero-order valence-corrected chi connectivity index (χ0v) is 15.2. The molecule has 6 nitrogen and oxygen atoms in total. The van der Waals surface area contributed by atoms with Crippen LogP contribution in [0.4, 0.5) is 0 Å². The van der Waals surface area contributed by atoms with E-state index in [0.717, 1.165) is 19.4 Å². The van der Waals surface area contributed by atoms with Gasteiger partial charge in [0.25, 0.3) is 0 Å². The zero-order chi connectivity index (χ0) is 17.8. The van der Waals surface area contributed by atoms with Crippen molar-refractivity contribution in [3.8, 4) is 0 Å². The summed E-state index contributed by atoms with van der Waals surface area (Å²) < 4.78 is 5.34. The van der Waals surface area contributed by atoms with Gasteiger partial charge in [-0.2, -0.15) is 4.98 Å². The molecule has 0 bridgehead atoms. The first-order chi connectivity index (χ1) is 12.1. The van der Waals surface area contributed by atoms with Crippen LogP contribution in [-0.4, -0.2) is 40.6 Å². The predicted molar refractivity (Wildman–Crippen MR) is 95.1 cm³/mol. The Bertz CT molecular complexity index is 710. The van der Waals surface area contributed by atoms with Crippen LogP contribution in [0, 0.1) is 6.92 Å². The maximum Gasteiger partial charge on any atom is 0.240 e. The van der Waals surface area contributed by atoms with Crippen molar-refractivity contribution in [1.29, 1.82) is 0 Å². The minimum Gasteiger partial charge on any atom is -0.359 e. The summed E-state index contributed by atoms with van der Waals surface area (Å²) in [4.78, 5) is 18.2. The molecule has 2 aromatic rings. The minimum absolute atomic E-state index is 0.112. The Morgan fingerprint density at radius 3 is 2.80 bits per heavy atom. The van der Waals surface area contributed by atoms with Crippen molar-refractivity contribution < 1.29 is 9.32 Å². The standard InChI is InChI=1S/C19H26N4O2/c1-4-16-15(14-7-5-13(2)6-8-14)9-10-23(16)12-19-21-17(22-25-19)11-18(24)20-3/h5-8,15-16H,4,9-12H2,1-3H3,(H,20,24). The lowest BCUT2D eigenvalue weighted by atomic mass is 9.90. The molecule has 134 valence electrons. The molecule has 6 heteroatoms. The van der Waals surface area contributed by atoms with Gasteiger partial charge < -0.3 is 9.84 Å². The van der Waals surface area contributed by atoms with E-state index in [1.807, 2.05) is 0 Å². The summed E-state index contributed by atoms with van der Waals surface area (Å²) in [5.41, 5.74) is 2.70. The molecule has 1 fully saturated rings. The summed E-state index contributed by atoms with van der Waals surface area (Å²) in [7, 11) is 1.60. The SMILES string of the molecule is CCC1C(c2ccc(C)cc2)CCN1Cc1nc(CC(=O)NC)no1. The number of carbonyl (C=O) groups is 1. The number of hydrogen-bond acceptors (Lipinski definition) is 5. The van der Waals surface area contributed by atoms with E-state index in [1.165, 1.54) is 11.1 Å². The molecule has 0 spiro atoms. The van der Waals surface area contributed by atoms with Crippen LogP contribution in [0.25, 0.3) is 0 Å². The summed E-state index contributed by atoms with van der Waals surface area (Å²) in [6.45, 7) is 6.01. The van der Waals surface area contributed by atoms with Gasteiger partial charge in [-0.25, -0.2) is 0 Å². The molecule has 1 aliphatic rings. The molecular formula is C19H26N4O2. The fraction of sp³-hybridized carbons (Fsp3) is 0.526. The highest BCUT2D eigenvalue weighted by Gasteiger charge is 2.34. The number of hydrogen-bond donors (Lipinski definition) is 1. The van der Waals surface area contributed by atoms with Gasteiger partial charge in [0.05, 0.1) is 13.0 Å². The average Bonchev–Trinajstić information content (AvgIpc) is 3.22. The maximum atomic E-state index is 11.4. The number of aromatic nitrogens is 2. The molecule has 0 radical (unpaired) electrons. The number of rotatable bonds is 6. The summed E-state index contributed by atoms with van der Waals surface area (Å²) >= 11 is 0. The highest BCUT2D eigenvalue weighted by Crippen LogP contribution is 2.36. The number of nitrogens with one attached hydrogen (secondary N) is 1. The number of likely N-dealkylation sites (tertiary alicyclic amines) is 1. The van der Waals surface area contributed by atoms with Gasteiger partial charge >= 0.3 is 0 Å². The lowest BCUT2D eigenvalue weighted by Gasteiger charge is -2.26. The van der Waals surface area contributed by atoms with Gasteiger partial charge in [0.15, 0.2) is 5.82 Å². The summed E-state index contributed by atoms with van der Waals surface area (Å²) in [5.74, 6) is 1.46. The third kappa shape index (κ3) is 4.07. The van der Waals surface area contributed by atoms with Crippen LogP contribution in [0.2, 0.25) is 0 Å². The molecule has 1 aromatic carbocycles. The second-order valence-corrected chi connectivity index (χ2v) is 6.71. The van der Waals surface area contributed by atoms with E-state index >= 15 is 0 Å². The largest absolute Gasteiger partial charge is 0.359 e. The number of benzene rings is 1. The normalized spacial score (nSPS) is 20.8. The molecule has 0 aliphatic carbocycles. The number of likely N-dealkylation sites (N-methyl/N-ethyl adjacent to an activating group) is 1. The lowest BCUT2D eigenvalue weighted by molar-refractivity contribution is -0.120. The molecule has 1 amide bonds. The number of aryl methyl sites for hydroxylation is 1. The molecular weight excluding hydrogens is 316 g/mol. The molecule has 2 heterocycles. The number of carbonyl (C=O) groups excluding carboxylic acids is 1. The average molecular weight is 342 g/mol. The van der Waals surface area contributed by atoms with Gasteiger partial charge in [0, 0.05) is 19.0 Å². The third-order valence-electron chi connectivity index (χ3n) is 5.03. The van der Waals surface area contributed by atoms with E-state index in [1.54, 1.807) is 7.05 Å². The van der Waals surface area contributed by atoms with E-state index in [-0.39, 0.29) is 12.3 Å². The Morgan fingerprint density at radius 1 is 1.36 bits per heavy atom. The van der Waals surface area contributed by atoms with Crippen LogP contribution in [0.1, 0.15) is 48.5 Å². The monoisotopic (exact) mass is 342 g/mol. The first-order valence-corrected chi connectivity index (χ1v) is 8.93. The van der Waals surface area contributed by atoms with E-state index in [0.29, 0.717) is 30.2 Å². The molecule has 25 heavy (non-hydrogen) atoms. The highest BCUT2D eigenvalue weighted by atomic mass is 16.5. The fourth-order valence-electron chi connectivity index (χ4n) is 3.69.